The molecule has 3 aromatic rings. The van der Waals surface area contributed by atoms with E-state index >= 15 is 0 Å². The molecular weight excluding hydrogens is 528 g/mol. The van der Waals surface area contributed by atoms with Crippen LogP contribution in [0.15, 0.2) is 69.6 Å². The third-order valence-corrected chi connectivity index (χ3v) is 5.49. The summed E-state index contributed by atoms with van der Waals surface area (Å²) in [4.78, 5) is 10.3. The highest BCUT2D eigenvalue weighted by molar-refractivity contribution is 9.10. The quantitative estimate of drug-likeness (QED) is 0.142. The van der Waals surface area contributed by atoms with Gasteiger partial charge in [-0.3, -0.25) is 10.1 Å². The van der Waals surface area contributed by atoms with Gasteiger partial charge in [0.2, 0.25) is 0 Å². The van der Waals surface area contributed by atoms with Crippen molar-refractivity contribution in [2.45, 2.75) is 6.61 Å². The Hall–Kier alpha value is -3.15. The number of non-ortho nitro benzene ring substituents is 1. The number of benzene rings is 3. The third kappa shape index (κ3) is 5.72. The summed E-state index contributed by atoms with van der Waals surface area (Å²) < 4.78 is 13.0. The van der Waals surface area contributed by atoms with Crippen LogP contribution in [0, 0.1) is 21.4 Å². The zero-order valence-electron chi connectivity index (χ0n) is 16.3. The Morgan fingerprint density at radius 1 is 1.13 bits per heavy atom. The number of allylic oxidation sites excluding steroid dienone is 1. The Labute approximate surface area is 196 Å². The topological polar surface area (TPSA) is 85.4 Å². The van der Waals surface area contributed by atoms with Gasteiger partial charge in [-0.15, -0.1) is 0 Å². The Bertz CT molecular complexity index is 1170. The van der Waals surface area contributed by atoms with Gasteiger partial charge >= 0.3 is 0 Å². The number of nitrogens with zero attached hydrogens (tertiary/aromatic N) is 2. The number of rotatable bonds is 7. The van der Waals surface area contributed by atoms with Crippen molar-refractivity contribution >= 4 is 49.2 Å². The van der Waals surface area contributed by atoms with Crippen LogP contribution < -0.4 is 9.47 Å². The molecule has 3 rings (SSSR count). The van der Waals surface area contributed by atoms with Gasteiger partial charge in [-0.1, -0.05) is 28.1 Å². The van der Waals surface area contributed by atoms with Crippen molar-refractivity contribution in [2.75, 3.05) is 7.11 Å². The second-order valence-electron chi connectivity index (χ2n) is 6.42. The van der Waals surface area contributed by atoms with E-state index in [1.54, 1.807) is 24.3 Å². The molecular formula is C23H16Br2N2O4. The first-order chi connectivity index (χ1) is 14.9. The van der Waals surface area contributed by atoms with Crippen molar-refractivity contribution in [1.82, 2.24) is 0 Å². The molecule has 0 atom stereocenters. The Morgan fingerprint density at radius 2 is 1.81 bits per heavy atom. The smallest absolute Gasteiger partial charge is 0.269 e. The summed E-state index contributed by atoms with van der Waals surface area (Å²) >= 11 is 6.90. The van der Waals surface area contributed by atoms with Gasteiger partial charge in [0.25, 0.3) is 5.69 Å². The van der Waals surface area contributed by atoms with E-state index in [1.807, 2.05) is 30.3 Å². The molecule has 0 bridgehead atoms. The molecule has 0 aliphatic rings. The van der Waals surface area contributed by atoms with Crippen molar-refractivity contribution in [3.8, 4) is 17.6 Å². The zero-order chi connectivity index (χ0) is 22.4. The standard InChI is InChI=1S/C23H16Br2N2O4/c1-30-22-12-16(10-18(13-26)17-4-6-19(24)7-5-17)11-21(25)23(22)31-14-15-2-8-20(9-3-15)27(28)29/h2-12H,14H2,1H3/b18-10-. The van der Waals surface area contributed by atoms with Crippen LogP contribution in [0.1, 0.15) is 16.7 Å². The fourth-order valence-electron chi connectivity index (χ4n) is 2.81. The molecule has 0 spiro atoms. The van der Waals surface area contributed by atoms with Crippen LogP contribution in [0.25, 0.3) is 11.6 Å². The summed E-state index contributed by atoms with van der Waals surface area (Å²) in [6.45, 7) is 0.213. The van der Waals surface area contributed by atoms with E-state index in [9.17, 15) is 15.4 Å². The molecule has 0 aromatic heterocycles. The summed E-state index contributed by atoms with van der Waals surface area (Å²) in [5.41, 5.74) is 2.90. The Kier molecular flexibility index (Phi) is 7.45. The average Bonchev–Trinajstić information content (AvgIpc) is 2.77. The maximum Gasteiger partial charge on any atom is 0.269 e. The number of hydrogen-bond acceptors (Lipinski definition) is 5. The second-order valence-corrected chi connectivity index (χ2v) is 8.19. The van der Waals surface area contributed by atoms with Gasteiger partial charge in [-0.25, -0.2) is 0 Å². The summed E-state index contributed by atoms with van der Waals surface area (Å²) in [6.07, 6.45) is 1.77. The number of methoxy groups -OCH3 is 1. The Morgan fingerprint density at radius 3 is 2.39 bits per heavy atom. The molecule has 3 aromatic carbocycles. The maximum atomic E-state index is 10.8. The van der Waals surface area contributed by atoms with E-state index in [1.165, 1.54) is 19.2 Å². The minimum Gasteiger partial charge on any atom is -0.493 e. The number of hydrogen-bond donors (Lipinski definition) is 0. The first-order valence-corrected chi connectivity index (χ1v) is 10.6. The van der Waals surface area contributed by atoms with E-state index in [-0.39, 0.29) is 12.3 Å². The van der Waals surface area contributed by atoms with Crippen molar-refractivity contribution < 1.29 is 14.4 Å². The average molecular weight is 544 g/mol. The highest BCUT2D eigenvalue weighted by Gasteiger charge is 2.13. The van der Waals surface area contributed by atoms with Gasteiger partial charge in [0, 0.05) is 16.6 Å². The second kappa shape index (κ2) is 10.2. The predicted octanol–water partition coefficient (Wildman–Crippen LogP) is 6.77. The molecule has 0 aliphatic heterocycles. The predicted molar refractivity (Wildman–Crippen MR) is 126 cm³/mol. The van der Waals surface area contributed by atoms with Crippen LogP contribution >= 0.6 is 31.9 Å². The molecule has 0 fully saturated rings. The minimum absolute atomic E-state index is 0.0257. The summed E-state index contributed by atoms with van der Waals surface area (Å²) in [5.74, 6) is 0.996. The molecule has 6 nitrogen and oxygen atoms in total. The third-order valence-electron chi connectivity index (χ3n) is 4.37. The highest BCUT2D eigenvalue weighted by atomic mass is 79.9. The number of nitriles is 1. The summed E-state index contributed by atoms with van der Waals surface area (Å²) in [6, 6.07) is 19.5. The van der Waals surface area contributed by atoms with Crippen molar-refractivity contribution in [3.05, 3.63) is 96.4 Å². The highest BCUT2D eigenvalue weighted by Crippen LogP contribution is 2.38. The SMILES string of the molecule is COc1cc(/C=C(/C#N)c2ccc(Br)cc2)cc(Br)c1OCc1ccc([N+](=O)[O-])cc1. The molecule has 0 N–H and O–H groups in total. The van der Waals surface area contributed by atoms with E-state index < -0.39 is 4.92 Å². The fourth-order valence-corrected chi connectivity index (χ4v) is 3.65. The lowest BCUT2D eigenvalue weighted by molar-refractivity contribution is -0.384. The Balaban J connectivity index is 1.84. The maximum absolute atomic E-state index is 10.8. The lowest BCUT2D eigenvalue weighted by Crippen LogP contribution is -1.99. The lowest BCUT2D eigenvalue weighted by Gasteiger charge is -2.14. The van der Waals surface area contributed by atoms with Gasteiger partial charge in [0.1, 0.15) is 6.61 Å². The van der Waals surface area contributed by atoms with Crippen LogP contribution in [-0.4, -0.2) is 12.0 Å². The van der Waals surface area contributed by atoms with E-state index in [2.05, 4.69) is 37.9 Å². The normalized spacial score (nSPS) is 11.0. The molecule has 0 amide bonds. The van der Waals surface area contributed by atoms with Crippen molar-refractivity contribution in [2.24, 2.45) is 0 Å². The van der Waals surface area contributed by atoms with Crippen LogP contribution in [0.3, 0.4) is 0 Å². The molecule has 156 valence electrons. The van der Waals surface area contributed by atoms with Gasteiger partial charge in [-0.05, 0) is 75.1 Å². The molecule has 31 heavy (non-hydrogen) atoms. The van der Waals surface area contributed by atoms with E-state index in [0.29, 0.717) is 21.5 Å². The van der Waals surface area contributed by atoms with Crippen LogP contribution in [0.4, 0.5) is 5.69 Å². The number of nitro groups is 1. The molecule has 8 heteroatoms. The molecule has 0 aliphatic carbocycles. The van der Waals surface area contributed by atoms with Crippen LogP contribution in [0.5, 0.6) is 11.5 Å². The fraction of sp³-hybridized carbons (Fsp3) is 0.0870. The van der Waals surface area contributed by atoms with E-state index in [0.717, 1.165) is 21.2 Å². The molecule has 0 unspecified atom stereocenters. The minimum atomic E-state index is -0.444. The number of ether oxygens (including phenoxy) is 2. The number of halogens is 2. The van der Waals surface area contributed by atoms with Crippen LogP contribution in [0.2, 0.25) is 0 Å². The molecule has 0 heterocycles. The zero-order valence-corrected chi connectivity index (χ0v) is 19.5. The van der Waals surface area contributed by atoms with Gasteiger partial charge in [-0.2, -0.15) is 5.26 Å². The largest absolute Gasteiger partial charge is 0.493 e. The van der Waals surface area contributed by atoms with E-state index in [4.69, 9.17) is 9.47 Å². The molecule has 0 saturated carbocycles. The van der Waals surface area contributed by atoms with Crippen LogP contribution in [-0.2, 0) is 6.61 Å². The van der Waals surface area contributed by atoms with Gasteiger partial charge in [0.15, 0.2) is 11.5 Å². The summed E-state index contributed by atoms with van der Waals surface area (Å²) in [5, 5.41) is 20.4. The van der Waals surface area contributed by atoms with Crippen molar-refractivity contribution in [1.29, 1.82) is 5.26 Å². The lowest BCUT2D eigenvalue weighted by atomic mass is 10.0. The summed E-state index contributed by atoms with van der Waals surface area (Å²) in [7, 11) is 1.54. The van der Waals surface area contributed by atoms with Gasteiger partial charge < -0.3 is 9.47 Å². The molecule has 0 radical (unpaired) electrons. The van der Waals surface area contributed by atoms with Crippen molar-refractivity contribution in [3.63, 3.8) is 0 Å². The molecule has 0 saturated heterocycles. The number of nitro benzene ring substituents is 1. The monoisotopic (exact) mass is 542 g/mol. The first kappa shape index (κ1) is 22.5. The van der Waals surface area contributed by atoms with Gasteiger partial charge in [0.05, 0.1) is 28.1 Å². The first-order valence-electron chi connectivity index (χ1n) is 9.02.